The van der Waals surface area contributed by atoms with Crippen molar-refractivity contribution in [2.75, 3.05) is 11.5 Å². The topological polar surface area (TPSA) is 273 Å². The van der Waals surface area contributed by atoms with Crippen LogP contribution < -0.4 is 22.4 Å². The number of halogens is 8. The van der Waals surface area contributed by atoms with Crippen molar-refractivity contribution >= 4 is 289 Å². The van der Waals surface area contributed by atoms with E-state index in [1.54, 1.807) is 73.2 Å². The predicted molar refractivity (Wildman–Crippen MR) is 578 cm³/mol. The second kappa shape index (κ2) is 39.8. The molecule has 25 rings (SSSR count). The summed E-state index contributed by atoms with van der Waals surface area (Å²) in [5, 5.41) is 33.1. The number of fused-ring (bicyclic) bond motifs is 24. The van der Waals surface area contributed by atoms with Crippen LogP contribution in [0.5, 0.6) is 0 Å². The number of hydrogen-bond donors (Lipinski definition) is 5. The largest absolute Gasteiger partial charge is 0.494 e. The molecule has 29 heteroatoms. The van der Waals surface area contributed by atoms with Gasteiger partial charge in [-0.15, -0.1) is 0 Å². The lowest BCUT2D eigenvalue weighted by Gasteiger charge is -2.32. The molecule has 0 aliphatic carbocycles. The molecule has 0 radical (unpaired) electrons. The summed E-state index contributed by atoms with van der Waals surface area (Å²) in [6.45, 7) is 8.34. The van der Waals surface area contributed by atoms with Crippen LogP contribution in [0.4, 0.5) is 11.4 Å². The van der Waals surface area contributed by atoms with Crippen molar-refractivity contribution in [2.45, 2.75) is 38.9 Å². The Morgan fingerprint density at radius 3 is 1.28 bits per heavy atom. The van der Waals surface area contributed by atoms with Gasteiger partial charge in [-0.05, 0) is 207 Å². The quantitative estimate of drug-likeness (QED) is 0.0429. The molecule has 1 saturated heterocycles. The van der Waals surface area contributed by atoms with E-state index in [1.807, 2.05) is 158 Å². The van der Waals surface area contributed by atoms with Crippen molar-refractivity contribution in [3.63, 3.8) is 0 Å². The average molecular weight is 2030 g/mol. The first-order valence-corrected chi connectivity index (χ1v) is 47.2. The van der Waals surface area contributed by atoms with Crippen molar-refractivity contribution in [2.24, 2.45) is 0 Å². The Morgan fingerprint density at radius 1 is 0.381 bits per heavy atom. The fourth-order valence-electron chi connectivity index (χ4n) is 17.1. The van der Waals surface area contributed by atoms with E-state index in [0.29, 0.717) is 52.6 Å². The van der Waals surface area contributed by atoms with Crippen molar-refractivity contribution in [3.8, 4) is 33.6 Å². The number of carbonyl (C=O) groups excluding carboxylic acids is 2. The van der Waals surface area contributed by atoms with Crippen LogP contribution in [0.1, 0.15) is 48.4 Å². The van der Waals surface area contributed by atoms with Gasteiger partial charge in [-0.3, -0.25) is 43.3 Å². The highest BCUT2D eigenvalue weighted by atomic mass is 79.9. The SMILES string of the molecule is CC1(C)OB(c2ccc3c4c(ccc5cccnc54)c4nc5ccccc5n4c3c2)OC1(C)C.Clc1ccc(-c2c(-c3nc4ccccc4[nH]3)ccc3cccnc23)c(Cl)c1.Clc1ccc2c3c(ccc4cccnc43)c3nc4ccccc4n3c2c1.Nc1ccccc1N.O=Cc1ccc2cccnc2c1-c1ccc(Cl)cc1Cl.O=Cc1ccc2cccnc2c1Br.OB(O)c1ccc(Cl)cc1Cl. The van der Waals surface area contributed by atoms with E-state index < -0.39 is 25.4 Å². The van der Waals surface area contributed by atoms with Crippen LogP contribution in [0.25, 0.3) is 176 Å². The number of benzene rings is 14. The van der Waals surface area contributed by atoms with Crippen molar-refractivity contribution in [3.05, 3.63) is 391 Å². The highest BCUT2D eigenvalue weighted by Crippen LogP contribution is 2.45. The highest BCUT2D eigenvalue weighted by Gasteiger charge is 2.52. The Balaban J connectivity index is 0.000000108. The molecule has 19 nitrogen and oxygen atoms in total. The maximum Gasteiger partial charge on any atom is 0.494 e. The van der Waals surface area contributed by atoms with Gasteiger partial charge in [0.2, 0.25) is 0 Å². The van der Waals surface area contributed by atoms with Crippen molar-refractivity contribution < 1.29 is 28.9 Å². The summed E-state index contributed by atoms with van der Waals surface area (Å²) in [7, 11) is -1.97. The van der Waals surface area contributed by atoms with Crippen LogP contribution in [-0.4, -0.2) is 102 Å². The van der Waals surface area contributed by atoms with Gasteiger partial charge in [0, 0.05) is 170 Å². The number of nitrogen functional groups attached to an aromatic ring is 2. The molecule has 14 aromatic carbocycles. The summed E-state index contributed by atoms with van der Waals surface area (Å²) in [4.78, 5) is 62.7. The molecule has 1 aliphatic rings. The number of rotatable bonds is 7. The Bertz CT molecular complexity index is 8920. The van der Waals surface area contributed by atoms with Crippen molar-refractivity contribution in [1.29, 1.82) is 0 Å². The number of carbonyl (C=O) groups is 2. The minimum Gasteiger partial charge on any atom is -0.423 e. The smallest absolute Gasteiger partial charge is 0.423 e. The van der Waals surface area contributed by atoms with Gasteiger partial charge >= 0.3 is 14.2 Å². The zero-order valence-electron chi connectivity index (χ0n) is 74.3. The third kappa shape index (κ3) is 18.7. The minimum absolute atomic E-state index is 0.257. The van der Waals surface area contributed by atoms with Crippen LogP contribution >= 0.6 is 97.1 Å². The fourth-order valence-corrected chi connectivity index (χ4v) is 19.4. The molecule has 0 atom stereocenters. The van der Waals surface area contributed by atoms with Crippen molar-refractivity contribution in [1.82, 2.24) is 53.7 Å². The van der Waals surface area contributed by atoms with E-state index in [-0.39, 0.29) is 10.5 Å². The molecule has 11 heterocycles. The maximum atomic E-state index is 11.3. The summed E-state index contributed by atoms with van der Waals surface area (Å²) in [6.07, 6.45) is 10.5. The summed E-state index contributed by atoms with van der Waals surface area (Å²) in [6, 6.07) is 99.2. The lowest BCUT2D eigenvalue weighted by molar-refractivity contribution is 0.00578. The highest BCUT2D eigenvalue weighted by molar-refractivity contribution is 9.10. The van der Waals surface area contributed by atoms with E-state index in [2.05, 4.69) is 174 Å². The van der Waals surface area contributed by atoms with E-state index in [4.69, 9.17) is 132 Å². The number of pyridine rings is 7. The Kier molecular flexibility index (Phi) is 26.9. The van der Waals surface area contributed by atoms with E-state index in [1.165, 1.54) is 12.1 Å². The van der Waals surface area contributed by atoms with Gasteiger partial charge in [0.05, 0.1) is 98.8 Å². The molecule has 24 aromatic rings. The first kappa shape index (κ1) is 94.0. The Labute approximate surface area is 839 Å². The molecule has 0 amide bonds. The number of H-pyrrole nitrogens is 1. The molecule has 139 heavy (non-hydrogen) atoms. The zero-order valence-corrected chi connectivity index (χ0v) is 81.2. The summed E-state index contributed by atoms with van der Waals surface area (Å²) < 4.78 is 18.0. The monoisotopic (exact) mass is 2020 g/mol. The van der Waals surface area contributed by atoms with Gasteiger partial charge < -0.3 is 35.8 Å². The normalized spacial score (nSPS) is 12.5. The molecule has 0 bridgehead atoms. The number of nitrogens with one attached hydrogen (secondary N) is 1. The first-order valence-electron chi connectivity index (χ1n) is 43.8. The molecule has 680 valence electrons. The number of hydrogen-bond acceptors (Lipinski definition) is 16. The maximum absolute atomic E-state index is 11.3. The fraction of sp³-hybridized carbons (Fsp3) is 0.0545. The third-order valence-corrected chi connectivity index (χ3v) is 27.3. The number of anilines is 2. The van der Waals surface area contributed by atoms with Gasteiger partial charge in [0.25, 0.3) is 0 Å². The molecule has 0 saturated carbocycles. The first-order chi connectivity index (χ1) is 67.3. The molecular formula is C110H77B2BrCl7N13O6. The second-order valence-electron chi connectivity index (χ2n) is 33.6. The van der Waals surface area contributed by atoms with Gasteiger partial charge in [0.15, 0.2) is 12.6 Å². The predicted octanol–water partition coefficient (Wildman–Crippen LogP) is 27.7. The van der Waals surface area contributed by atoms with E-state index >= 15 is 0 Å². The van der Waals surface area contributed by atoms with E-state index in [9.17, 15) is 9.59 Å². The number of nitrogens with zero attached hydrogens (tertiary/aromatic N) is 10. The Morgan fingerprint density at radius 2 is 0.777 bits per heavy atom. The van der Waals surface area contributed by atoms with E-state index in [0.717, 1.165) is 198 Å². The molecule has 0 unspecified atom stereocenters. The molecular weight excluding hydrogens is 1950 g/mol. The molecule has 1 fully saturated rings. The van der Waals surface area contributed by atoms with Crippen LogP contribution in [0.3, 0.4) is 0 Å². The van der Waals surface area contributed by atoms with Crippen LogP contribution in [0.2, 0.25) is 35.2 Å². The summed E-state index contributed by atoms with van der Waals surface area (Å²) >= 11 is 45.8. The number of aromatic amines is 1. The molecule has 7 N–H and O–H groups in total. The molecule has 0 spiro atoms. The number of nitrogens with two attached hydrogens (primary N) is 2. The van der Waals surface area contributed by atoms with Crippen LogP contribution in [0, 0.1) is 0 Å². The van der Waals surface area contributed by atoms with Crippen LogP contribution in [0.15, 0.2) is 345 Å². The number of imidazole rings is 3. The third-order valence-electron chi connectivity index (χ3n) is 24.5. The van der Waals surface area contributed by atoms with Crippen LogP contribution in [-0.2, 0) is 9.31 Å². The lowest BCUT2D eigenvalue weighted by atomic mass is 9.78. The number of para-hydroxylation sites is 8. The van der Waals surface area contributed by atoms with Gasteiger partial charge in [0.1, 0.15) is 17.1 Å². The summed E-state index contributed by atoms with van der Waals surface area (Å²) in [5.74, 6) is 0.782. The lowest BCUT2D eigenvalue weighted by Crippen LogP contribution is -2.41. The van der Waals surface area contributed by atoms with Gasteiger partial charge in [-0.1, -0.05) is 233 Å². The Hall–Kier alpha value is -14.0. The standard InChI is InChI=1S/C28H24BN3O2.C22H13Cl2N3.C22H12ClN3.C16H9Cl2NO.C10H6BrNO.C6H5BCl2O2.C6H8N2/c1-27(2)28(3,4)34-29(33-27)18-12-14-19-23(16-18)32-22-10-6-5-9-21(22)31-26(32)20-13-11-17-8-7-15-30-25(17)24(19)20;23-14-8-10-15(17(24)12-14)20-16(9-7-13-4-3-11-25-21(13)20)22-26-18-5-1-2-6-19(18)27-22;23-14-8-10-15-19(12-14)26-18-6-2-1-5-17(18)25-22(26)16-9-7-13-4-3-11-24-21(13)20(15)16;17-12-5-6-13(14(18)8-12)15-11(9-20)4-3-10-2-1-7-19-16(10)15;11-9-8(6-13)4-3-7-2-1-5-12-10(7)9;8-4-1-2-5(7(10)11)6(9)3-4;7-5-3-1-2-4-6(5)8/h5-16H,1-4H3;1-12H,(H,26,27);1-12H;1-9H;1-6H;1-3,10-11H;1-4H,7-8H2. The minimum atomic E-state index is -1.54. The second-order valence-corrected chi connectivity index (χ2v) is 37.4. The number of aromatic nitrogens is 11. The van der Waals surface area contributed by atoms with Gasteiger partial charge in [-0.2, -0.15) is 0 Å². The zero-order chi connectivity index (χ0) is 96.7. The number of aldehydes is 2. The van der Waals surface area contributed by atoms with Gasteiger partial charge in [-0.25, -0.2) is 15.0 Å². The average Bonchev–Trinajstić information content (AvgIpc) is 1.60. The molecule has 10 aromatic heterocycles. The molecule has 1 aliphatic heterocycles. The summed E-state index contributed by atoms with van der Waals surface area (Å²) in [5.41, 5.74) is 32.4.